The second-order valence-electron chi connectivity index (χ2n) is 6.72. The van der Waals surface area contributed by atoms with E-state index in [-0.39, 0.29) is 29.6 Å². The van der Waals surface area contributed by atoms with E-state index in [2.05, 4.69) is 10.1 Å². The number of ether oxygens (including phenoxy) is 1. The Bertz CT molecular complexity index is 747. The maximum atomic E-state index is 13.9. The molecule has 8 heteroatoms. The van der Waals surface area contributed by atoms with Gasteiger partial charge >= 0.3 is 5.97 Å². The number of benzene rings is 1. The van der Waals surface area contributed by atoms with E-state index in [9.17, 15) is 23.9 Å². The van der Waals surface area contributed by atoms with E-state index in [1.165, 1.54) is 12.1 Å². The number of carbonyl (C=O) groups is 3. The summed E-state index contributed by atoms with van der Waals surface area (Å²) in [7, 11) is 1.15. The van der Waals surface area contributed by atoms with Gasteiger partial charge in [-0.15, -0.1) is 0 Å². The molecule has 1 saturated carbocycles. The number of carbonyl (C=O) groups excluding carboxylic acids is 3. The van der Waals surface area contributed by atoms with Crippen molar-refractivity contribution >= 4 is 17.8 Å². The molecule has 2 aliphatic rings. The predicted molar refractivity (Wildman–Crippen MR) is 89.0 cm³/mol. The fourth-order valence-corrected chi connectivity index (χ4v) is 3.16. The van der Waals surface area contributed by atoms with Gasteiger partial charge in [-0.05, 0) is 43.9 Å². The number of likely N-dealkylation sites (tertiary alicyclic amines) is 1. The molecule has 140 valence electrons. The standard InChI is InChI=1S/C18H21FN2O5/c1-26-16(23)13-5-4-11(9-14(13)19)15(22)20-10-12-3-2-8-21(12)17(24)18(25)6-7-18/h4-5,9,12,25H,2-3,6-8,10H2,1H3,(H,20,22). The Morgan fingerprint density at radius 1 is 1.38 bits per heavy atom. The third-order valence-corrected chi connectivity index (χ3v) is 4.89. The Balaban J connectivity index is 1.61. The lowest BCUT2D eigenvalue weighted by Gasteiger charge is -2.27. The van der Waals surface area contributed by atoms with E-state index in [0.717, 1.165) is 26.0 Å². The fourth-order valence-electron chi connectivity index (χ4n) is 3.16. The number of aliphatic hydroxyl groups is 1. The lowest BCUT2D eigenvalue weighted by molar-refractivity contribution is -0.143. The molecule has 3 rings (SSSR count). The van der Waals surface area contributed by atoms with Crippen molar-refractivity contribution in [3.8, 4) is 0 Å². The van der Waals surface area contributed by atoms with Crippen molar-refractivity contribution in [3.05, 3.63) is 35.1 Å². The first-order chi connectivity index (χ1) is 12.4. The highest BCUT2D eigenvalue weighted by Crippen LogP contribution is 2.38. The Morgan fingerprint density at radius 2 is 2.12 bits per heavy atom. The van der Waals surface area contributed by atoms with Crippen LogP contribution >= 0.6 is 0 Å². The van der Waals surface area contributed by atoms with Crippen LogP contribution in [-0.2, 0) is 9.53 Å². The maximum Gasteiger partial charge on any atom is 0.340 e. The second-order valence-corrected chi connectivity index (χ2v) is 6.72. The maximum absolute atomic E-state index is 13.9. The predicted octanol–water partition coefficient (Wildman–Crippen LogP) is 0.858. The third kappa shape index (κ3) is 3.55. The van der Waals surface area contributed by atoms with Crippen molar-refractivity contribution in [2.45, 2.75) is 37.3 Å². The van der Waals surface area contributed by atoms with Gasteiger partial charge < -0.3 is 20.1 Å². The van der Waals surface area contributed by atoms with E-state index in [1.54, 1.807) is 4.90 Å². The van der Waals surface area contributed by atoms with Gasteiger partial charge in [0.05, 0.1) is 12.7 Å². The molecule has 2 amide bonds. The number of nitrogens with one attached hydrogen (secondary N) is 1. The smallest absolute Gasteiger partial charge is 0.340 e. The molecule has 1 heterocycles. The molecule has 7 nitrogen and oxygen atoms in total. The van der Waals surface area contributed by atoms with Crippen molar-refractivity contribution in [3.63, 3.8) is 0 Å². The monoisotopic (exact) mass is 364 g/mol. The van der Waals surface area contributed by atoms with Crippen molar-refractivity contribution < 1.29 is 28.6 Å². The van der Waals surface area contributed by atoms with Crippen molar-refractivity contribution in [2.24, 2.45) is 0 Å². The lowest BCUT2D eigenvalue weighted by atomic mass is 10.1. The van der Waals surface area contributed by atoms with Crippen LogP contribution in [0.1, 0.15) is 46.4 Å². The van der Waals surface area contributed by atoms with Gasteiger partial charge in [0.1, 0.15) is 11.4 Å². The molecule has 2 N–H and O–H groups in total. The normalized spacial score (nSPS) is 20.6. The number of nitrogens with zero attached hydrogens (tertiary/aromatic N) is 1. The minimum atomic E-state index is -1.22. The molecule has 2 fully saturated rings. The number of halogens is 1. The Labute approximate surface area is 150 Å². The van der Waals surface area contributed by atoms with Crippen molar-refractivity contribution in [2.75, 3.05) is 20.2 Å². The fraction of sp³-hybridized carbons (Fsp3) is 0.500. The molecule has 1 aromatic rings. The van der Waals surface area contributed by atoms with E-state index in [4.69, 9.17) is 0 Å². The number of esters is 1. The number of hydrogen-bond acceptors (Lipinski definition) is 5. The lowest BCUT2D eigenvalue weighted by Crippen LogP contribution is -2.47. The highest BCUT2D eigenvalue weighted by Gasteiger charge is 2.51. The zero-order valence-electron chi connectivity index (χ0n) is 14.5. The molecule has 0 aromatic heterocycles. The summed E-state index contributed by atoms with van der Waals surface area (Å²) in [4.78, 5) is 37.5. The summed E-state index contributed by atoms with van der Waals surface area (Å²) in [6.07, 6.45) is 2.50. The molecule has 0 bridgehead atoms. The molecular formula is C18H21FN2O5. The Morgan fingerprint density at radius 3 is 2.73 bits per heavy atom. The van der Waals surface area contributed by atoms with Gasteiger partial charge in [0.25, 0.3) is 11.8 Å². The van der Waals surface area contributed by atoms with Crippen LogP contribution in [0, 0.1) is 5.82 Å². The first kappa shape index (κ1) is 18.3. The second kappa shape index (κ2) is 7.03. The summed E-state index contributed by atoms with van der Waals surface area (Å²) in [6, 6.07) is 3.33. The van der Waals surface area contributed by atoms with Crippen LogP contribution in [0.25, 0.3) is 0 Å². The van der Waals surface area contributed by atoms with E-state index < -0.39 is 23.3 Å². The summed E-state index contributed by atoms with van der Waals surface area (Å²) in [5.74, 6) is -2.42. The minimum Gasteiger partial charge on any atom is -0.465 e. The van der Waals surface area contributed by atoms with Gasteiger partial charge in [-0.3, -0.25) is 9.59 Å². The topological polar surface area (TPSA) is 95.9 Å². The Hall–Kier alpha value is -2.48. The van der Waals surface area contributed by atoms with E-state index in [0.29, 0.717) is 19.4 Å². The number of rotatable bonds is 5. The van der Waals surface area contributed by atoms with Crippen molar-refractivity contribution in [1.29, 1.82) is 0 Å². The largest absolute Gasteiger partial charge is 0.465 e. The van der Waals surface area contributed by atoms with Crippen LogP contribution < -0.4 is 5.32 Å². The van der Waals surface area contributed by atoms with Crippen LogP contribution in [0.3, 0.4) is 0 Å². The molecule has 1 aliphatic carbocycles. The van der Waals surface area contributed by atoms with Crippen LogP contribution in [0.15, 0.2) is 18.2 Å². The van der Waals surface area contributed by atoms with Crippen LogP contribution in [0.2, 0.25) is 0 Å². The molecule has 0 spiro atoms. The number of methoxy groups -OCH3 is 1. The highest BCUT2D eigenvalue weighted by molar-refractivity contribution is 5.96. The summed E-state index contributed by atoms with van der Waals surface area (Å²) in [5, 5.41) is 12.7. The molecule has 1 atom stereocenters. The average Bonchev–Trinajstić information content (AvgIpc) is 3.21. The molecule has 0 radical (unpaired) electrons. The van der Waals surface area contributed by atoms with E-state index in [1.807, 2.05) is 0 Å². The van der Waals surface area contributed by atoms with Gasteiger partial charge in [-0.1, -0.05) is 0 Å². The highest BCUT2D eigenvalue weighted by atomic mass is 19.1. The number of hydrogen-bond donors (Lipinski definition) is 2. The first-order valence-corrected chi connectivity index (χ1v) is 8.55. The van der Waals surface area contributed by atoms with Gasteiger partial charge in [0, 0.05) is 24.7 Å². The summed E-state index contributed by atoms with van der Waals surface area (Å²) < 4.78 is 18.4. The molecule has 26 heavy (non-hydrogen) atoms. The minimum absolute atomic E-state index is 0.0758. The summed E-state index contributed by atoms with van der Waals surface area (Å²) in [5.41, 5.74) is -1.39. The molecular weight excluding hydrogens is 343 g/mol. The molecule has 1 aliphatic heterocycles. The zero-order valence-corrected chi connectivity index (χ0v) is 14.5. The average molecular weight is 364 g/mol. The SMILES string of the molecule is COC(=O)c1ccc(C(=O)NCC2CCCN2C(=O)C2(O)CC2)cc1F. The van der Waals surface area contributed by atoms with Gasteiger partial charge in [-0.25, -0.2) is 9.18 Å². The Kier molecular flexibility index (Phi) is 4.95. The van der Waals surface area contributed by atoms with Crippen LogP contribution in [0.5, 0.6) is 0 Å². The van der Waals surface area contributed by atoms with Gasteiger partial charge in [-0.2, -0.15) is 0 Å². The molecule has 1 unspecified atom stereocenters. The van der Waals surface area contributed by atoms with Crippen molar-refractivity contribution in [1.82, 2.24) is 10.2 Å². The van der Waals surface area contributed by atoms with Gasteiger partial charge in [0.2, 0.25) is 0 Å². The van der Waals surface area contributed by atoms with Crippen LogP contribution in [-0.4, -0.2) is 59.6 Å². The molecule has 1 aromatic carbocycles. The summed E-state index contributed by atoms with van der Waals surface area (Å²) in [6.45, 7) is 0.783. The first-order valence-electron chi connectivity index (χ1n) is 8.55. The van der Waals surface area contributed by atoms with E-state index >= 15 is 0 Å². The quantitative estimate of drug-likeness (QED) is 0.756. The molecule has 1 saturated heterocycles. The van der Waals surface area contributed by atoms with Gasteiger partial charge in [0.15, 0.2) is 0 Å². The zero-order chi connectivity index (χ0) is 18.9. The third-order valence-electron chi connectivity index (χ3n) is 4.89. The number of amides is 2. The summed E-state index contributed by atoms with van der Waals surface area (Å²) >= 11 is 0. The van der Waals surface area contributed by atoms with Crippen LogP contribution in [0.4, 0.5) is 4.39 Å².